The van der Waals surface area contributed by atoms with Gasteiger partial charge in [-0.05, 0) is 11.8 Å². The van der Waals surface area contributed by atoms with Gasteiger partial charge in [-0.1, -0.05) is 73.1 Å². The van der Waals surface area contributed by atoms with Gasteiger partial charge in [0.2, 0.25) is 0 Å². The normalized spacial score (nSPS) is 12.4. The molecule has 0 aromatic carbocycles. The van der Waals surface area contributed by atoms with Gasteiger partial charge in [0.25, 0.3) is 0 Å². The van der Waals surface area contributed by atoms with Crippen molar-refractivity contribution in [2.45, 2.75) is 85.6 Å². The first-order valence-electron chi connectivity index (χ1n) is 7.21. The van der Waals surface area contributed by atoms with Gasteiger partial charge < -0.3 is 5.32 Å². The number of rotatable bonds is 10. The minimum atomic E-state index is 0.467. The lowest BCUT2D eigenvalue weighted by molar-refractivity contribution is 0.292. The third kappa shape index (κ3) is 10.5. The first-order chi connectivity index (χ1) is 7.48. The van der Waals surface area contributed by atoms with Crippen molar-refractivity contribution in [2.24, 2.45) is 5.41 Å². The number of hydrogen-bond acceptors (Lipinski definition) is 1. The monoisotopic (exact) mass is 227 g/mol. The molecule has 0 aromatic heterocycles. The quantitative estimate of drug-likeness (QED) is 0.531. The van der Waals surface area contributed by atoms with Crippen molar-refractivity contribution in [3.8, 4) is 0 Å². The molecule has 98 valence electrons. The maximum Gasteiger partial charge on any atom is 0.00106 e. The third-order valence-corrected chi connectivity index (χ3v) is 3.20. The Balaban J connectivity index is 3.42. The molecule has 0 radical (unpaired) electrons. The van der Waals surface area contributed by atoms with Gasteiger partial charge in [0.1, 0.15) is 0 Å². The minimum Gasteiger partial charge on any atom is -0.314 e. The van der Waals surface area contributed by atoms with Gasteiger partial charge in [-0.25, -0.2) is 0 Å². The molecule has 16 heavy (non-hydrogen) atoms. The summed E-state index contributed by atoms with van der Waals surface area (Å²) in [6.07, 6.45) is 9.81. The third-order valence-electron chi connectivity index (χ3n) is 3.20. The van der Waals surface area contributed by atoms with Crippen LogP contribution in [-0.2, 0) is 0 Å². The Labute approximate surface area is 103 Å². The summed E-state index contributed by atoms with van der Waals surface area (Å²) in [5.74, 6) is 0. The molecular weight excluding hydrogens is 194 g/mol. The van der Waals surface area contributed by atoms with Crippen LogP contribution in [0, 0.1) is 5.41 Å². The van der Waals surface area contributed by atoms with Gasteiger partial charge >= 0.3 is 0 Å². The Kier molecular flexibility index (Phi) is 9.02. The maximum atomic E-state index is 3.55. The zero-order valence-corrected chi connectivity index (χ0v) is 12.2. The average Bonchev–Trinajstić information content (AvgIpc) is 2.21. The summed E-state index contributed by atoms with van der Waals surface area (Å²) < 4.78 is 0. The Hall–Kier alpha value is -0.0400. The molecule has 0 aliphatic rings. The van der Waals surface area contributed by atoms with Crippen LogP contribution in [0.25, 0.3) is 0 Å². The van der Waals surface area contributed by atoms with Crippen LogP contribution < -0.4 is 5.32 Å². The van der Waals surface area contributed by atoms with Crippen molar-refractivity contribution < 1.29 is 0 Å². The molecule has 0 fully saturated rings. The molecule has 0 rings (SSSR count). The van der Waals surface area contributed by atoms with Crippen molar-refractivity contribution in [1.29, 1.82) is 0 Å². The van der Waals surface area contributed by atoms with Crippen LogP contribution in [0.15, 0.2) is 0 Å². The SMILES string of the molecule is CCCCCCCCC(C)(C)CNC(C)C. The molecule has 0 aliphatic heterocycles. The smallest absolute Gasteiger partial charge is 0.00106 e. The molecule has 0 saturated carbocycles. The van der Waals surface area contributed by atoms with Crippen LogP contribution in [0.5, 0.6) is 0 Å². The van der Waals surface area contributed by atoms with Crippen LogP contribution in [-0.4, -0.2) is 12.6 Å². The Morgan fingerprint density at radius 2 is 1.50 bits per heavy atom. The van der Waals surface area contributed by atoms with Crippen molar-refractivity contribution in [2.75, 3.05) is 6.54 Å². The van der Waals surface area contributed by atoms with Crippen LogP contribution >= 0.6 is 0 Å². The fourth-order valence-electron chi connectivity index (χ4n) is 1.95. The van der Waals surface area contributed by atoms with E-state index in [1.54, 1.807) is 0 Å². The highest BCUT2D eigenvalue weighted by Crippen LogP contribution is 2.23. The molecule has 0 bridgehead atoms. The van der Waals surface area contributed by atoms with Gasteiger partial charge in [0.15, 0.2) is 0 Å². The predicted molar refractivity (Wildman–Crippen MR) is 74.9 cm³/mol. The van der Waals surface area contributed by atoms with Crippen LogP contribution in [0.1, 0.15) is 79.6 Å². The van der Waals surface area contributed by atoms with Crippen LogP contribution in [0.4, 0.5) is 0 Å². The lowest BCUT2D eigenvalue weighted by Crippen LogP contribution is -2.33. The van der Waals surface area contributed by atoms with Crippen LogP contribution in [0.2, 0.25) is 0 Å². The standard InChI is InChI=1S/C15H33N/c1-6-7-8-9-10-11-12-15(4,5)13-16-14(2)3/h14,16H,6-13H2,1-5H3. The van der Waals surface area contributed by atoms with E-state index in [0.717, 1.165) is 6.54 Å². The zero-order valence-electron chi connectivity index (χ0n) is 12.2. The Morgan fingerprint density at radius 3 is 2.06 bits per heavy atom. The highest BCUT2D eigenvalue weighted by Gasteiger charge is 2.16. The molecule has 1 heteroatoms. The molecule has 0 atom stereocenters. The van der Waals surface area contributed by atoms with Crippen molar-refractivity contribution >= 4 is 0 Å². The molecular formula is C15H33N. The lowest BCUT2D eigenvalue weighted by Gasteiger charge is -2.26. The van der Waals surface area contributed by atoms with E-state index in [-0.39, 0.29) is 0 Å². The Morgan fingerprint density at radius 1 is 0.938 bits per heavy atom. The number of unbranched alkanes of at least 4 members (excludes halogenated alkanes) is 5. The van der Waals surface area contributed by atoms with Gasteiger partial charge in [-0.15, -0.1) is 0 Å². The van der Waals surface area contributed by atoms with E-state index in [0.29, 0.717) is 11.5 Å². The second kappa shape index (κ2) is 9.04. The highest BCUT2D eigenvalue weighted by molar-refractivity contribution is 4.72. The van der Waals surface area contributed by atoms with Crippen molar-refractivity contribution in [1.82, 2.24) is 5.32 Å². The first-order valence-corrected chi connectivity index (χ1v) is 7.21. The molecule has 0 saturated heterocycles. The molecule has 0 spiro atoms. The van der Waals surface area contributed by atoms with E-state index >= 15 is 0 Å². The van der Waals surface area contributed by atoms with E-state index in [1.165, 1.54) is 44.9 Å². The van der Waals surface area contributed by atoms with Gasteiger partial charge in [-0.2, -0.15) is 0 Å². The lowest BCUT2D eigenvalue weighted by atomic mass is 9.86. The number of hydrogen-bond donors (Lipinski definition) is 1. The molecule has 0 heterocycles. The highest BCUT2D eigenvalue weighted by atomic mass is 14.9. The van der Waals surface area contributed by atoms with E-state index in [1.807, 2.05) is 0 Å². The van der Waals surface area contributed by atoms with E-state index in [9.17, 15) is 0 Å². The number of nitrogens with one attached hydrogen (secondary N) is 1. The van der Waals surface area contributed by atoms with Gasteiger partial charge in [-0.3, -0.25) is 0 Å². The van der Waals surface area contributed by atoms with Gasteiger partial charge in [0, 0.05) is 12.6 Å². The summed E-state index contributed by atoms with van der Waals surface area (Å²) in [5.41, 5.74) is 0.467. The van der Waals surface area contributed by atoms with E-state index in [2.05, 4.69) is 39.9 Å². The van der Waals surface area contributed by atoms with Gasteiger partial charge in [0.05, 0.1) is 0 Å². The average molecular weight is 227 g/mol. The summed E-state index contributed by atoms with van der Waals surface area (Å²) in [5, 5.41) is 3.55. The molecule has 0 aliphatic carbocycles. The molecule has 1 N–H and O–H groups in total. The van der Waals surface area contributed by atoms with E-state index < -0.39 is 0 Å². The summed E-state index contributed by atoms with van der Waals surface area (Å²) in [6.45, 7) is 12.6. The molecule has 0 aromatic rings. The second-order valence-electron chi connectivity index (χ2n) is 6.22. The largest absolute Gasteiger partial charge is 0.314 e. The molecule has 1 nitrogen and oxygen atoms in total. The minimum absolute atomic E-state index is 0.467. The Bertz CT molecular complexity index is 150. The molecule has 0 unspecified atom stereocenters. The fourth-order valence-corrected chi connectivity index (χ4v) is 1.95. The van der Waals surface area contributed by atoms with Crippen molar-refractivity contribution in [3.05, 3.63) is 0 Å². The van der Waals surface area contributed by atoms with Crippen LogP contribution in [0.3, 0.4) is 0 Å². The maximum absolute atomic E-state index is 3.55. The summed E-state index contributed by atoms with van der Waals surface area (Å²) >= 11 is 0. The topological polar surface area (TPSA) is 12.0 Å². The predicted octanol–water partition coefficient (Wildman–Crippen LogP) is 4.76. The summed E-state index contributed by atoms with van der Waals surface area (Å²) in [6, 6.07) is 0.615. The van der Waals surface area contributed by atoms with E-state index in [4.69, 9.17) is 0 Å². The van der Waals surface area contributed by atoms with Crippen molar-refractivity contribution in [3.63, 3.8) is 0 Å². The molecule has 0 amide bonds. The summed E-state index contributed by atoms with van der Waals surface area (Å²) in [4.78, 5) is 0. The zero-order chi connectivity index (χ0) is 12.4. The fraction of sp³-hybridized carbons (Fsp3) is 1.00. The second-order valence-corrected chi connectivity index (χ2v) is 6.22. The summed E-state index contributed by atoms with van der Waals surface area (Å²) in [7, 11) is 0. The first kappa shape index (κ1) is 16.0.